The summed E-state index contributed by atoms with van der Waals surface area (Å²) in [6.07, 6.45) is 0. The van der Waals surface area contributed by atoms with Gasteiger partial charge in [0.05, 0.1) is 0 Å². The van der Waals surface area contributed by atoms with E-state index >= 15 is 0 Å². The van der Waals surface area contributed by atoms with Crippen molar-refractivity contribution in [2.45, 2.75) is 12.4 Å². The van der Waals surface area contributed by atoms with Gasteiger partial charge in [-0.3, -0.25) is 0 Å². The summed E-state index contributed by atoms with van der Waals surface area (Å²) < 4.78 is 55.5. The molecular formula is C3H6F3NO2S. The lowest BCUT2D eigenvalue weighted by atomic mass is 10.8. The van der Waals surface area contributed by atoms with Crippen molar-refractivity contribution < 1.29 is 21.6 Å². The zero-order valence-corrected chi connectivity index (χ0v) is 5.88. The van der Waals surface area contributed by atoms with Gasteiger partial charge in [0.15, 0.2) is 0 Å². The van der Waals surface area contributed by atoms with Gasteiger partial charge in [0.1, 0.15) is 0 Å². The van der Waals surface area contributed by atoms with Crippen molar-refractivity contribution in [3.05, 3.63) is 0 Å². The third-order valence-corrected chi connectivity index (χ3v) is 1.92. The van der Waals surface area contributed by atoms with Crippen molar-refractivity contribution in [2.75, 3.05) is 6.54 Å². The van der Waals surface area contributed by atoms with E-state index < -0.39 is 15.5 Å². The van der Waals surface area contributed by atoms with Crippen LogP contribution < -0.4 is 4.72 Å². The van der Waals surface area contributed by atoms with Crippen molar-refractivity contribution in [3.8, 4) is 0 Å². The molecule has 0 aliphatic heterocycles. The van der Waals surface area contributed by atoms with E-state index in [2.05, 4.69) is 0 Å². The van der Waals surface area contributed by atoms with Crippen LogP contribution in [-0.4, -0.2) is 20.5 Å². The third-order valence-electron chi connectivity index (χ3n) is 0.639. The van der Waals surface area contributed by atoms with Crippen LogP contribution in [0, 0.1) is 0 Å². The molecule has 0 spiro atoms. The summed E-state index contributed by atoms with van der Waals surface area (Å²) in [5, 5.41) is 0. The third kappa shape index (κ3) is 2.14. The largest absolute Gasteiger partial charge is 0.511 e. The molecule has 0 aromatic rings. The first-order valence-electron chi connectivity index (χ1n) is 2.37. The van der Waals surface area contributed by atoms with Gasteiger partial charge in [-0.1, -0.05) is 6.92 Å². The molecule has 0 saturated carbocycles. The molecule has 0 aliphatic carbocycles. The maximum Gasteiger partial charge on any atom is 0.511 e. The Kier molecular flexibility index (Phi) is 2.67. The van der Waals surface area contributed by atoms with Crippen LogP contribution in [0.25, 0.3) is 0 Å². The topological polar surface area (TPSA) is 46.2 Å². The van der Waals surface area contributed by atoms with Gasteiger partial charge in [-0.2, -0.15) is 13.2 Å². The van der Waals surface area contributed by atoms with E-state index in [9.17, 15) is 21.6 Å². The Bertz CT molecular complexity index is 194. The van der Waals surface area contributed by atoms with Crippen molar-refractivity contribution in [2.24, 2.45) is 0 Å². The monoisotopic (exact) mass is 177 g/mol. The van der Waals surface area contributed by atoms with Crippen LogP contribution >= 0.6 is 0 Å². The van der Waals surface area contributed by atoms with Gasteiger partial charge < -0.3 is 0 Å². The molecule has 0 aromatic heterocycles. The summed E-state index contributed by atoms with van der Waals surface area (Å²) in [4.78, 5) is 0. The minimum atomic E-state index is -5.19. The minimum absolute atomic E-state index is 0.262. The highest BCUT2D eigenvalue weighted by atomic mass is 32.2. The first-order chi connectivity index (χ1) is 4.31. The Balaban J connectivity index is 4.44. The van der Waals surface area contributed by atoms with Gasteiger partial charge in [-0.05, 0) is 0 Å². The molecule has 62 valence electrons. The molecule has 7 heteroatoms. The Morgan fingerprint density at radius 1 is 1.40 bits per heavy atom. The Labute approximate surface area is 56.3 Å². The predicted molar refractivity (Wildman–Crippen MR) is 28.7 cm³/mol. The molecule has 0 saturated heterocycles. The van der Waals surface area contributed by atoms with Crippen molar-refractivity contribution >= 4 is 10.0 Å². The normalized spacial score (nSPS) is 13.6. The Morgan fingerprint density at radius 3 is 1.90 bits per heavy atom. The zero-order chi connectivity index (χ0) is 8.41. The number of sulfonamides is 1. The van der Waals surface area contributed by atoms with E-state index in [-0.39, 0.29) is 6.54 Å². The minimum Gasteiger partial charge on any atom is -0.208 e. The lowest BCUT2D eigenvalue weighted by molar-refractivity contribution is -0.0447. The summed E-state index contributed by atoms with van der Waals surface area (Å²) in [7, 11) is -5.10. The second-order valence-corrected chi connectivity index (χ2v) is 3.21. The smallest absolute Gasteiger partial charge is 0.208 e. The van der Waals surface area contributed by atoms with E-state index in [0.717, 1.165) is 0 Å². The van der Waals surface area contributed by atoms with E-state index in [4.69, 9.17) is 0 Å². The Hall–Kier alpha value is -0.300. The second kappa shape index (κ2) is 2.75. The molecule has 0 unspecified atom stereocenters. The fourth-order valence-corrected chi connectivity index (χ4v) is 0.816. The van der Waals surface area contributed by atoms with Gasteiger partial charge in [0, 0.05) is 6.54 Å². The number of nitrogens with one attached hydrogen (secondary N) is 1. The molecule has 0 bridgehead atoms. The summed E-state index contributed by atoms with van der Waals surface area (Å²) in [5.41, 5.74) is -5.19. The van der Waals surface area contributed by atoms with Crippen molar-refractivity contribution in [1.82, 2.24) is 4.72 Å². The number of hydrogen-bond acceptors (Lipinski definition) is 2. The van der Waals surface area contributed by atoms with Crippen molar-refractivity contribution in [1.29, 1.82) is 0 Å². The summed E-state index contributed by atoms with van der Waals surface area (Å²) in [6, 6.07) is 0. The number of hydrogen-bond donors (Lipinski definition) is 1. The highest BCUT2D eigenvalue weighted by Crippen LogP contribution is 2.20. The van der Waals surface area contributed by atoms with E-state index in [1.807, 2.05) is 0 Å². The summed E-state index contributed by atoms with van der Waals surface area (Å²) >= 11 is 0. The molecule has 3 nitrogen and oxygen atoms in total. The fourth-order valence-electron chi connectivity index (χ4n) is 0.272. The average Bonchev–Trinajstić information content (AvgIpc) is 1.61. The van der Waals surface area contributed by atoms with Crippen molar-refractivity contribution in [3.63, 3.8) is 0 Å². The van der Waals surface area contributed by atoms with Gasteiger partial charge in [0.25, 0.3) is 0 Å². The maximum atomic E-state index is 11.4. The molecule has 0 rings (SSSR count). The standard InChI is InChI=1S/C3H6F3NO2S/c1-2-7-10(8,9)3(4,5)6/h7H,2H2,1H3. The van der Waals surface area contributed by atoms with E-state index in [1.54, 1.807) is 0 Å². The van der Waals surface area contributed by atoms with Gasteiger partial charge in [-0.15, -0.1) is 0 Å². The van der Waals surface area contributed by atoms with Gasteiger partial charge in [-0.25, -0.2) is 13.1 Å². The quantitative estimate of drug-likeness (QED) is 0.665. The molecule has 0 aliphatic rings. The molecule has 0 heterocycles. The maximum absolute atomic E-state index is 11.4. The zero-order valence-electron chi connectivity index (χ0n) is 5.07. The molecule has 0 radical (unpaired) electrons. The molecule has 1 N–H and O–H groups in total. The predicted octanol–water partition coefficient (Wildman–Crippen LogP) is 0.446. The first-order valence-corrected chi connectivity index (χ1v) is 3.85. The number of halogens is 3. The van der Waals surface area contributed by atoms with Crippen LogP contribution in [0.2, 0.25) is 0 Å². The summed E-state index contributed by atoms with van der Waals surface area (Å²) in [5.74, 6) is 0. The molecule has 0 amide bonds. The lowest BCUT2D eigenvalue weighted by Gasteiger charge is -2.06. The van der Waals surface area contributed by atoms with Gasteiger partial charge >= 0.3 is 15.5 Å². The second-order valence-electron chi connectivity index (χ2n) is 1.45. The van der Waals surface area contributed by atoms with E-state index in [0.29, 0.717) is 0 Å². The molecule has 0 fully saturated rings. The first kappa shape index (κ1) is 9.70. The number of alkyl halides is 3. The fraction of sp³-hybridized carbons (Fsp3) is 1.00. The highest BCUT2D eigenvalue weighted by Gasteiger charge is 2.45. The van der Waals surface area contributed by atoms with Crippen LogP contribution in [0.15, 0.2) is 0 Å². The Morgan fingerprint density at radius 2 is 1.80 bits per heavy atom. The van der Waals surface area contributed by atoms with Crippen LogP contribution in [0.3, 0.4) is 0 Å². The van der Waals surface area contributed by atoms with Gasteiger partial charge in [0.2, 0.25) is 0 Å². The van der Waals surface area contributed by atoms with Crippen LogP contribution in [0.1, 0.15) is 6.92 Å². The molecule has 0 aromatic carbocycles. The lowest BCUT2D eigenvalue weighted by Crippen LogP contribution is -2.36. The highest BCUT2D eigenvalue weighted by molar-refractivity contribution is 7.90. The summed E-state index contributed by atoms with van der Waals surface area (Å²) in [6.45, 7) is 1.01. The van der Waals surface area contributed by atoms with Crippen LogP contribution in [0.4, 0.5) is 13.2 Å². The average molecular weight is 177 g/mol. The molecule has 10 heavy (non-hydrogen) atoms. The van der Waals surface area contributed by atoms with Crippen LogP contribution in [0.5, 0.6) is 0 Å². The van der Waals surface area contributed by atoms with E-state index in [1.165, 1.54) is 11.6 Å². The molecule has 0 atom stereocenters. The number of rotatable bonds is 2. The molecular weight excluding hydrogens is 171 g/mol. The SMILES string of the molecule is CCNS(=O)(=O)C(F)(F)F. The van der Waals surface area contributed by atoms with Crippen LogP contribution in [-0.2, 0) is 10.0 Å².